The van der Waals surface area contributed by atoms with E-state index in [1.807, 2.05) is 0 Å². The first kappa shape index (κ1) is 14.5. The quantitative estimate of drug-likeness (QED) is 0.812. The Kier molecular flexibility index (Phi) is 4.36. The lowest BCUT2D eigenvalue weighted by Crippen LogP contribution is -1.99. The first-order valence-electron chi connectivity index (χ1n) is 5.56. The van der Waals surface area contributed by atoms with Gasteiger partial charge in [0.2, 0.25) is 9.84 Å². The van der Waals surface area contributed by atoms with Gasteiger partial charge in [-0.2, -0.15) is 0 Å². The van der Waals surface area contributed by atoms with E-state index in [-0.39, 0.29) is 5.03 Å². The molecule has 0 aliphatic carbocycles. The maximum absolute atomic E-state index is 12.1. The van der Waals surface area contributed by atoms with Gasteiger partial charge >= 0.3 is 0 Å². The van der Waals surface area contributed by atoms with Gasteiger partial charge in [-0.1, -0.05) is 17.7 Å². The second-order valence-electron chi connectivity index (χ2n) is 3.80. The normalized spacial score (nSPS) is 11.7. The average molecular weight is 311 g/mol. The summed E-state index contributed by atoms with van der Waals surface area (Å²) in [5.41, 5.74) is 0.626. The highest BCUT2D eigenvalue weighted by Gasteiger charge is 2.12. The number of ether oxygens (including phenoxy) is 1. The Morgan fingerprint density at radius 3 is 2.70 bits per heavy atom. The van der Waals surface area contributed by atoms with Gasteiger partial charge in [-0.3, -0.25) is 0 Å². The molecule has 0 fully saturated rings. The lowest BCUT2D eigenvalue weighted by molar-refractivity contribution is 0.412. The molecule has 0 aromatic carbocycles. The zero-order valence-electron chi connectivity index (χ0n) is 10.5. The molecule has 0 bridgehead atoms. The fourth-order valence-corrected chi connectivity index (χ4v) is 2.47. The highest BCUT2D eigenvalue weighted by molar-refractivity contribution is 7.94. The van der Waals surface area contributed by atoms with E-state index in [0.29, 0.717) is 16.5 Å². The third-order valence-electron chi connectivity index (χ3n) is 2.42. The molecular weight excluding hydrogens is 300 g/mol. The minimum absolute atomic E-state index is 0.0741. The van der Waals surface area contributed by atoms with Crippen LogP contribution in [-0.4, -0.2) is 25.5 Å². The van der Waals surface area contributed by atoms with Crippen molar-refractivity contribution in [3.8, 4) is 5.75 Å². The Labute approximate surface area is 121 Å². The Balaban J connectivity index is 2.28. The molecule has 0 unspecified atom stereocenters. The van der Waals surface area contributed by atoms with E-state index in [0.717, 1.165) is 5.41 Å². The molecule has 0 spiro atoms. The van der Waals surface area contributed by atoms with E-state index in [1.165, 1.54) is 31.6 Å². The summed E-state index contributed by atoms with van der Waals surface area (Å²) in [6, 6.07) is 6.18. The lowest BCUT2D eigenvalue weighted by Gasteiger charge is -2.01. The summed E-state index contributed by atoms with van der Waals surface area (Å²) in [5.74, 6) is 0.431. The van der Waals surface area contributed by atoms with Crippen LogP contribution >= 0.6 is 11.6 Å². The van der Waals surface area contributed by atoms with Crippen molar-refractivity contribution in [1.29, 1.82) is 0 Å². The van der Waals surface area contributed by atoms with Crippen LogP contribution in [0.3, 0.4) is 0 Å². The van der Waals surface area contributed by atoms with Crippen molar-refractivity contribution < 1.29 is 13.2 Å². The zero-order chi connectivity index (χ0) is 14.6. The fraction of sp³-hybridized carbons (Fsp3) is 0.0769. The van der Waals surface area contributed by atoms with E-state index >= 15 is 0 Å². The van der Waals surface area contributed by atoms with Crippen LogP contribution in [0.4, 0.5) is 0 Å². The number of methoxy groups -OCH3 is 1. The number of pyridine rings is 2. The van der Waals surface area contributed by atoms with E-state index in [1.54, 1.807) is 18.2 Å². The van der Waals surface area contributed by atoms with Crippen LogP contribution in [0.1, 0.15) is 5.56 Å². The van der Waals surface area contributed by atoms with Gasteiger partial charge in [0.15, 0.2) is 5.03 Å². The van der Waals surface area contributed by atoms with Crippen molar-refractivity contribution >= 4 is 27.5 Å². The molecule has 104 valence electrons. The zero-order valence-corrected chi connectivity index (χ0v) is 12.1. The summed E-state index contributed by atoms with van der Waals surface area (Å²) in [5, 5.41) is 1.34. The summed E-state index contributed by atoms with van der Waals surface area (Å²) in [7, 11) is -2.17. The third-order valence-corrected chi connectivity index (χ3v) is 3.95. The molecular formula is C13H11ClN2O3S. The minimum atomic E-state index is -3.63. The lowest BCUT2D eigenvalue weighted by atomic mass is 10.3. The van der Waals surface area contributed by atoms with Crippen molar-refractivity contribution in [2.45, 2.75) is 5.03 Å². The van der Waals surface area contributed by atoms with Gasteiger partial charge in [0.25, 0.3) is 0 Å². The predicted octanol–water partition coefficient (Wildman–Crippen LogP) is 2.58. The molecule has 20 heavy (non-hydrogen) atoms. The molecule has 2 heterocycles. The van der Waals surface area contributed by atoms with Gasteiger partial charge in [0.05, 0.1) is 7.11 Å². The smallest absolute Gasteiger partial charge is 0.217 e. The molecule has 7 heteroatoms. The molecule has 2 aromatic rings. The van der Waals surface area contributed by atoms with Crippen LogP contribution in [0.25, 0.3) is 6.08 Å². The number of aromatic nitrogens is 2. The van der Waals surface area contributed by atoms with Crippen molar-refractivity contribution in [3.05, 3.63) is 52.8 Å². The number of hydrogen-bond donors (Lipinski definition) is 0. The molecule has 0 aliphatic rings. The van der Waals surface area contributed by atoms with Crippen molar-refractivity contribution in [2.24, 2.45) is 0 Å². The molecule has 0 saturated carbocycles. The van der Waals surface area contributed by atoms with Gasteiger partial charge in [-0.05, 0) is 23.8 Å². The monoisotopic (exact) mass is 310 g/mol. The molecule has 0 atom stereocenters. The summed E-state index contributed by atoms with van der Waals surface area (Å²) in [4.78, 5) is 7.69. The number of hydrogen-bond acceptors (Lipinski definition) is 5. The van der Waals surface area contributed by atoms with Crippen molar-refractivity contribution in [2.75, 3.05) is 7.11 Å². The number of sulfone groups is 1. The van der Waals surface area contributed by atoms with Crippen molar-refractivity contribution in [3.63, 3.8) is 0 Å². The SMILES string of the molecule is COc1ccnc(S(=O)(=O)/C=C/c2ccc(Cl)nc2)c1. The Hall–Kier alpha value is -1.92. The van der Waals surface area contributed by atoms with Crippen molar-refractivity contribution in [1.82, 2.24) is 9.97 Å². The number of nitrogens with zero attached hydrogens (tertiary/aromatic N) is 2. The second kappa shape index (κ2) is 6.02. The van der Waals surface area contributed by atoms with E-state index in [4.69, 9.17) is 16.3 Å². The average Bonchev–Trinajstić information content (AvgIpc) is 2.47. The summed E-state index contributed by atoms with van der Waals surface area (Å²) >= 11 is 5.65. The Bertz CT molecular complexity index is 728. The van der Waals surface area contributed by atoms with Gasteiger partial charge in [0.1, 0.15) is 10.9 Å². The topological polar surface area (TPSA) is 69.2 Å². The van der Waals surface area contributed by atoms with Crippen LogP contribution in [0.5, 0.6) is 5.75 Å². The fourth-order valence-electron chi connectivity index (χ4n) is 1.40. The van der Waals surface area contributed by atoms with Gasteiger partial charge < -0.3 is 4.74 Å². The van der Waals surface area contributed by atoms with Gasteiger partial charge in [-0.15, -0.1) is 0 Å². The Morgan fingerprint density at radius 2 is 2.05 bits per heavy atom. The Morgan fingerprint density at radius 1 is 1.25 bits per heavy atom. The highest BCUT2D eigenvalue weighted by atomic mass is 35.5. The van der Waals surface area contributed by atoms with E-state index < -0.39 is 9.84 Å². The van der Waals surface area contributed by atoms with Crippen LogP contribution in [0.15, 0.2) is 47.1 Å². The molecule has 0 N–H and O–H groups in total. The first-order chi connectivity index (χ1) is 9.51. The molecule has 0 amide bonds. The molecule has 5 nitrogen and oxygen atoms in total. The van der Waals surface area contributed by atoms with Crippen LogP contribution < -0.4 is 4.74 Å². The van der Waals surface area contributed by atoms with E-state index in [9.17, 15) is 8.42 Å². The third kappa shape index (κ3) is 3.55. The minimum Gasteiger partial charge on any atom is -0.497 e. The summed E-state index contributed by atoms with van der Waals surface area (Å²) in [6.45, 7) is 0. The number of halogens is 1. The highest BCUT2D eigenvalue weighted by Crippen LogP contribution is 2.17. The summed E-state index contributed by atoms with van der Waals surface area (Å²) < 4.78 is 29.2. The van der Waals surface area contributed by atoms with Crippen LogP contribution in [0.2, 0.25) is 5.15 Å². The molecule has 0 radical (unpaired) electrons. The molecule has 2 rings (SSSR count). The first-order valence-corrected chi connectivity index (χ1v) is 7.48. The number of rotatable bonds is 4. The summed E-state index contributed by atoms with van der Waals surface area (Å²) in [6.07, 6.45) is 4.29. The largest absolute Gasteiger partial charge is 0.497 e. The maximum Gasteiger partial charge on any atom is 0.217 e. The predicted molar refractivity (Wildman–Crippen MR) is 76.3 cm³/mol. The molecule has 0 saturated heterocycles. The molecule has 2 aromatic heterocycles. The second-order valence-corrected chi connectivity index (χ2v) is 5.96. The van der Waals surface area contributed by atoms with Gasteiger partial charge in [0, 0.05) is 23.9 Å². The van der Waals surface area contributed by atoms with Crippen LogP contribution in [0, 0.1) is 0 Å². The maximum atomic E-state index is 12.1. The van der Waals surface area contributed by atoms with Crippen LogP contribution in [-0.2, 0) is 9.84 Å². The molecule has 0 aliphatic heterocycles. The standard InChI is InChI=1S/C13H11ClN2O3S/c1-19-11-4-6-15-13(8-11)20(17,18)7-5-10-2-3-12(14)16-9-10/h2-9H,1H3/b7-5+. The van der Waals surface area contributed by atoms with E-state index in [2.05, 4.69) is 9.97 Å². The van der Waals surface area contributed by atoms with Gasteiger partial charge in [-0.25, -0.2) is 18.4 Å².